The number of hydrogen-bond acceptors (Lipinski definition) is 2. The zero-order valence-electron chi connectivity index (χ0n) is 13.5. The number of rotatable bonds is 5. The van der Waals surface area contributed by atoms with Gasteiger partial charge in [0.1, 0.15) is 0 Å². The third-order valence-electron chi connectivity index (χ3n) is 5.58. The number of nitrogens with one attached hydrogen (secondary N) is 1. The molecule has 1 amide bonds. The molecule has 4 heteroatoms. The maximum Gasteiger partial charge on any atom is 0.223 e. The summed E-state index contributed by atoms with van der Waals surface area (Å²) < 4.78 is 1.81. The highest BCUT2D eigenvalue weighted by Gasteiger charge is 2.46. The minimum Gasteiger partial charge on any atom is -0.355 e. The number of nitrogens with zero attached hydrogens (tertiary/aromatic N) is 2. The van der Waals surface area contributed by atoms with Gasteiger partial charge in [-0.3, -0.25) is 9.48 Å². The van der Waals surface area contributed by atoms with E-state index in [1.807, 2.05) is 19.4 Å². The fraction of sp³-hybridized carbons (Fsp3) is 0.474. The fourth-order valence-electron chi connectivity index (χ4n) is 3.83. The Kier molecular flexibility index (Phi) is 3.47. The quantitative estimate of drug-likeness (QED) is 0.923. The van der Waals surface area contributed by atoms with Gasteiger partial charge >= 0.3 is 0 Å². The molecule has 120 valence electrons. The van der Waals surface area contributed by atoms with E-state index in [0.717, 1.165) is 13.0 Å². The minimum absolute atomic E-state index is 0.132. The predicted octanol–water partition coefficient (Wildman–Crippen LogP) is 2.76. The fourth-order valence-corrected chi connectivity index (χ4v) is 3.83. The summed E-state index contributed by atoms with van der Waals surface area (Å²) in [7, 11) is 1.92. The molecule has 1 heterocycles. The number of carbonyl (C=O) groups excluding carboxylic acids is 1. The first-order chi connectivity index (χ1) is 11.2. The molecule has 4 nitrogen and oxygen atoms in total. The lowest BCUT2D eigenvalue weighted by Crippen LogP contribution is -2.46. The van der Waals surface area contributed by atoms with Gasteiger partial charge in [-0.2, -0.15) is 5.10 Å². The molecule has 2 saturated carbocycles. The van der Waals surface area contributed by atoms with Crippen LogP contribution in [0.15, 0.2) is 42.7 Å². The topological polar surface area (TPSA) is 46.9 Å². The van der Waals surface area contributed by atoms with Gasteiger partial charge in [-0.25, -0.2) is 0 Å². The number of hydrogen-bond donors (Lipinski definition) is 1. The van der Waals surface area contributed by atoms with E-state index in [1.54, 1.807) is 4.68 Å². The van der Waals surface area contributed by atoms with Crippen LogP contribution in [0.2, 0.25) is 0 Å². The Morgan fingerprint density at radius 1 is 1.35 bits per heavy atom. The summed E-state index contributed by atoms with van der Waals surface area (Å²) in [5.41, 5.74) is 2.72. The van der Waals surface area contributed by atoms with Crippen LogP contribution in [0.3, 0.4) is 0 Å². The van der Waals surface area contributed by atoms with Crippen molar-refractivity contribution in [2.75, 3.05) is 6.54 Å². The second kappa shape index (κ2) is 5.52. The summed E-state index contributed by atoms with van der Waals surface area (Å²) in [6.45, 7) is 0.770. The van der Waals surface area contributed by atoms with Crippen molar-refractivity contribution < 1.29 is 4.79 Å². The predicted molar refractivity (Wildman–Crippen MR) is 89.0 cm³/mol. The average Bonchev–Trinajstić information content (AvgIpc) is 3.22. The molecule has 2 aliphatic rings. The zero-order valence-corrected chi connectivity index (χ0v) is 13.5. The molecule has 1 aromatic carbocycles. The molecule has 1 aromatic heterocycles. The number of benzene rings is 1. The summed E-state index contributed by atoms with van der Waals surface area (Å²) in [5, 5.41) is 7.43. The van der Waals surface area contributed by atoms with Crippen molar-refractivity contribution in [3.05, 3.63) is 53.9 Å². The molecule has 2 aromatic rings. The van der Waals surface area contributed by atoms with Gasteiger partial charge in [0, 0.05) is 31.1 Å². The van der Waals surface area contributed by atoms with E-state index in [2.05, 4.69) is 40.7 Å². The van der Waals surface area contributed by atoms with Crippen LogP contribution in [0, 0.1) is 5.92 Å². The van der Waals surface area contributed by atoms with Crippen LogP contribution < -0.4 is 5.32 Å². The Hall–Kier alpha value is -2.10. The van der Waals surface area contributed by atoms with Crippen molar-refractivity contribution in [2.24, 2.45) is 13.0 Å². The van der Waals surface area contributed by atoms with Crippen LogP contribution in [-0.2, 0) is 17.3 Å². The van der Waals surface area contributed by atoms with Gasteiger partial charge in [0.15, 0.2) is 0 Å². The Bertz CT molecular complexity index is 702. The van der Waals surface area contributed by atoms with Gasteiger partial charge in [-0.1, -0.05) is 36.8 Å². The molecule has 23 heavy (non-hydrogen) atoms. The highest BCUT2D eigenvalue weighted by molar-refractivity contribution is 5.83. The molecule has 0 spiro atoms. The van der Waals surface area contributed by atoms with E-state index >= 15 is 0 Å². The number of carbonyl (C=O) groups is 1. The first-order valence-corrected chi connectivity index (χ1v) is 8.50. The summed E-state index contributed by atoms with van der Waals surface area (Å²) in [6, 6.07) is 10.6. The van der Waals surface area contributed by atoms with Crippen molar-refractivity contribution in [2.45, 2.75) is 37.0 Å². The van der Waals surface area contributed by atoms with Crippen molar-refractivity contribution in [3.63, 3.8) is 0 Å². The Labute approximate surface area is 136 Å². The molecular weight excluding hydrogens is 286 g/mol. The highest BCUT2D eigenvalue weighted by atomic mass is 16.2. The number of aryl methyl sites for hydroxylation is 1. The second-order valence-electron chi connectivity index (χ2n) is 7.11. The minimum atomic E-state index is 0.132. The van der Waals surface area contributed by atoms with Gasteiger partial charge < -0.3 is 5.32 Å². The first-order valence-electron chi connectivity index (χ1n) is 8.50. The van der Waals surface area contributed by atoms with E-state index < -0.39 is 0 Å². The zero-order chi connectivity index (χ0) is 15.9. The maximum atomic E-state index is 12.5. The molecule has 0 saturated heterocycles. The van der Waals surface area contributed by atoms with Crippen molar-refractivity contribution in [1.29, 1.82) is 0 Å². The highest BCUT2D eigenvalue weighted by Crippen LogP contribution is 2.48. The molecule has 2 fully saturated rings. The van der Waals surface area contributed by atoms with E-state index in [4.69, 9.17) is 0 Å². The lowest BCUT2D eigenvalue weighted by atomic mass is 9.64. The summed E-state index contributed by atoms with van der Waals surface area (Å²) >= 11 is 0. The van der Waals surface area contributed by atoms with Gasteiger partial charge in [0.25, 0.3) is 0 Å². The normalized spacial score (nSPS) is 24.7. The second-order valence-corrected chi connectivity index (χ2v) is 7.11. The Morgan fingerprint density at radius 2 is 2.13 bits per heavy atom. The van der Waals surface area contributed by atoms with Crippen molar-refractivity contribution >= 4 is 5.91 Å². The van der Waals surface area contributed by atoms with Gasteiger partial charge in [0.05, 0.1) is 6.20 Å². The van der Waals surface area contributed by atoms with Crippen molar-refractivity contribution in [1.82, 2.24) is 15.1 Å². The van der Waals surface area contributed by atoms with Crippen LogP contribution in [0.1, 0.15) is 42.7 Å². The molecule has 0 bridgehead atoms. The van der Waals surface area contributed by atoms with Gasteiger partial charge in [-0.05, 0) is 36.3 Å². The average molecular weight is 309 g/mol. The molecule has 2 atom stereocenters. The standard InChI is InChI=1S/C19H23N3O/c1-22-12-14(11-21-22)16-10-17(16)18(23)20-13-19(8-5-9-19)15-6-3-2-4-7-15/h2-4,6-7,11-12,16-17H,5,8-10,13H2,1H3,(H,20,23)/t16-,17-/m1/s1. The molecule has 2 aliphatic carbocycles. The van der Waals surface area contributed by atoms with Crippen LogP contribution in [0.5, 0.6) is 0 Å². The molecule has 4 rings (SSSR count). The third-order valence-corrected chi connectivity index (χ3v) is 5.58. The Balaban J connectivity index is 1.37. The molecule has 0 unspecified atom stereocenters. The SMILES string of the molecule is Cn1cc([C@H]2C[C@H]2C(=O)NCC2(c3ccccc3)CCC2)cn1. The van der Waals surface area contributed by atoms with Crippen LogP contribution >= 0.6 is 0 Å². The number of aromatic nitrogens is 2. The largest absolute Gasteiger partial charge is 0.355 e. The van der Waals surface area contributed by atoms with E-state index in [9.17, 15) is 4.79 Å². The smallest absolute Gasteiger partial charge is 0.223 e. The van der Waals surface area contributed by atoms with E-state index in [0.29, 0.717) is 5.92 Å². The van der Waals surface area contributed by atoms with E-state index in [1.165, 1.54) is 30.4 Å². The molecular formula is C19H23N3O. The lowest BCUT2D eigenvalue weighted by molar-refractivity contribution is -0.122. The third kappa shape index (κ3) is 2.67. The van der Waals surface area contributed by atoms with Gasteiger partial charge in [-0.15, -0.1) is 0 Å². The van der Waals surface area contributed by atoms with Crippen molar-refractivity contribution in [3.8, 4) is 0 Å². The molecule has 0 aliphatic heterocycles. The van der Waals surface area contributed by atoms with Gasteiger partial charge in [0.2, 0.25) is 5.91 Å². The van der Waals surface area contributed by atoms with Crippen LogP contribution in [0.25, 0.3) is 0 Å². The first kappa shape index (κ1) is 14.5. The molecule has 1 N–H and O–H groups in total. The summed E-state index contributed by atoms with van der Waals surface area (Å²) in [6.07, 6.45) is 8.47. The number of amides is 1. The van der Waals surface area contributed by atoms with Crippen LogP contribution in [0.4, 0.5) is 0 Å². The van der Waals surface area contributed by atoms with Crippen LogP contribution in [-0.4, -0.2) is 22.2 Å². The molecule has 0 radical (unpaired) electrons. The van der Waals surface area contributed by atoms with E-state index in [-0.39, 0.29) is 17.2 Å². The lowest BCUT2D eigenvalue weighted by Gasteiger charge is -2.42. The Morgan fingerprint density at radius 3 is 2.74 bits per heavy atom. The monoisotopic (exact) mass is 309 g/mol. The maximum absolute atomic E-state index is 12.5. The summed E-state index contributed by atoms with van der Waals surface area (Å²) in [5.74, 6) is 0.700. The summed E-state index contributed by atoms with van der Waals surface area (Å²) in [4.78, 5) is 12.5.